The third-order valence-electron chi connectivity index (χ3n) is 5.66. The van der Waals surface area contributed by atoms with Gasteiger partial charge in [-0.3, -0.25) is 0 Å². The van der Waals surface area contributed by atoms with Gasteiger partial charge >= 0.3 is 0 Å². The second kappa shape index (κ2) is 7.64. The van der Waals surface area contributed by atoms with E-state index in [4.69, 9.17) is 5.73 Å². The molecule has 0 aromatic carbocycles. The summed E-state index contributed by atoms with van der Waals surface area (Å²) >= 11 is 0. The Balaban J connectivity index is 1.64. The number of unbranched alkanes of at least 4 members (excludes halogenated alkanes) is 2. The van der Waals surface area contributed by atoms with Gasteiger partial charge in [-0.2, -0.15) is 0 Å². The van der Waals surface area contributed by atoms with Crippen LogP contribution in [0.1, 0.15) is 58.8 Å². The van der Waals surface area contributed by atoms with E-state index in [1.165, 1.54) is 58.0 Å². The third kappa shape index (κ3) is 4.46. The predicted molar refractivity (Wildman–Crippen MR) is 83.0 cm³/mol. The lowest BCUT2D eigenvalue weighted by molar-refractivity contribution is 0.0403. The number of nitrogens with one attached hydrogen (secondary N) is 1. The van der Waals surface area contributed by atoms with Crippen molar-refractivity contribution in [1.29, 1.82) is 0 Å². The van der Waals surface area contributed by atoms with Gasteiger partial charge in [0.05, 0.1) is 0 Å². The van der Waals surface area contributed by atoms with E-state index in [0.29, 0.717) is 0 Å². The van der Waals surface area contributed by atoms with Crippen LogP contribution in [0.3, 0.4) is 0 Å². The molecule has 0 saturated heterocycles. The highest BCUT2D eigenvalue weighted by Crippen LogP contribution is 2.48. The van der Waals surface area contributed by atoms with E-state index in [-0.39, 0.29) is 0 Å². The minimum Gasteiger partial charge on any atom is -0.330 e. The van der Waals surface area contributed by atoms with E-state index < -0.39 is 0 Å². The minimum atomic E-state index is 0.849. The monoisotopic (exact) mass is 266 g/mol. The van der Waals surface area contributed by atoms with E-state index in [0.717, 1.165) is 36.1 Å². The molecule has 2 fully saturated rings. The Morgan fingerprint density at radius 1 is 0.947 bits per heavy atom. The molecule has 2 saturated carbocycles. The van der Waals surface area contributed by atoms with Crippen molar-refractivity contribution in [3.05, 3.63) is 0 Å². The highest BCUT2D eigenvalue weighted by atomic mass is 14.9. The highest BCUT2D eigenvalue weighted by molar-refractivity contribution is 4.90. The van der Waals surface area contributed by atoms with Gasteiger partial charge in [0.15, 0.2) is 0 Å². The summed E-state index contributed by atoms with van der Waals surface area (Å²) in [6.07, 6.45) is 9.72. The molecule has 2 nitrogen and oxygen atoms in total. The molecule has 3 N–H and O–H groups in total. The van der Waals surface area contributed by atoms with Crippen LogP contribution in [-0.2, 0) is 0 Å². The van der Waals surface area contributed by atoms with Gasteiger partial charge in [-0.25, -0.2) is 0 Å². The van der Waals surface area contributed by atoms with Gasteiger partial charge < -0.3 is 11.1 Å². The molecular weight excluding hydrogens is 232 g/mol. The van der Waals surface area contributed by atoms with Gasteiger partial charge in [0.2, 0.25) is 0 Å². The SMILES string of the molecule is CC1CC2CC(CNCCCCCN)CC(C1)C2C. The molecule has 0 aromatic rings. The van der Waals surface area contributed by atoms with Crippen molar-refractivity contribution in [1.82, 2.24) is 5.32 Å². The van der Waals surface area contributed by atoms with Crippen LogP contribution in [0, 0.1) is 29.6 Å². The lowest BCUT2D eigenvalue weighted by Gasteiger charge is -2.47. The Morgan fingerprint density at radius 3 is 2.26 bits per heavy atom. The smallest absolute Gasteiger partial charge is 0.00203 e. The van der Waals surface area contributed by atoms with Crippen molar-refractivity contribution in [2.24, 2.45) is 35.3 Å². The Bertz CT molecular complexity index is 238. The van der Waals surface area contributed by atoms with Crippen LogP contribution < -0.4 is 11.1 Å². The molecule has 2 aliphatic carbocycles. The summed E-state index contributed by atoms with van der Waals surface area (Å²) in [7, 11) is 0. The fourth-order valence-corrected chi connectivity index (χ4v) is 4.56. The topological polar surface area (TPSA) is 38.0 Å². The first-order chi connectivity index (χ1) is 9.20. The molecular formula is C17H34N2. The number of hydrogen-bond donors (Lipinski definition) is 2. The van der Waals surface area contributed by atoms with E-state index >= 15 is 0 Å². The molecule has 0 heterocycles. The van der Waals surface area contributed by atoms with Crippen molar-refractivity contribution >= 4 is 0 Å². The average molecular weight is 266 g/mol. The summed E-state index contributed by atoms with van der Waals surface area (Å²) in [5.74, 6) is 4.97. The molecule has 2 heteroatoms. The Kier molecular flexibility index (Phi) is 6.15. The van der Waals surface area contributed by atoms with Crippen molar-refractivity contribution in [3.63, 3.8) is 0 Å². The zero-order valence-corrected chi connectivity index (χ0v) is 13.0. The quantitative estimate of drug-likeness (QED) is 0.693. The van der Waals surface area contributed by atoms with Crippen molar-refractivity contribution in [2.75, 3.05) is 19.6 Å². The number of nitrogens with two attached hydrogens (primary N) is 1. The Hall–Kier alpha value is -0.0800. The summed E-state index contributed by atoms with van der Waals surface area (Å²) in [5, 5.41) is 3.69. The summed E-state index contributed by atoms with van der Waals surface area (Å²) in [6.45, 7) is 8.27. The van der Waals surface area contributed by atoms with Gasteiger partial charge in [0.25, 0.3) is 0 Å². The van der Waals surface area contributed by atoms with Crippen molar-refractivity contribution in [3.8, 4) is 0 Å². The molecule has 2 unspecified atom stereocenters. The Morgan fingerprint density at radius 2 is 1.63 bits per heavy atom. The zero-order chi connectivity index (χ0) is 13.7. The van der Waals surface area contributed by atoms with Gasteiger partial charge in [0.1, 0.15) is 0 Å². The third-order valence-corrected chi connectivity index (χ3v) is 5.66. The van der Waals surface area contributed by atoms with Crippen molar-refractivity contribution in [2.45, 2.75) is 58.8 Å². The molecule has 0 amide bonds. The Labute approximate surface area is 119 Å². The van der Waals surface area contributed by atoms with Gasteiger partial charge in [-0.05, 0) is 87.7 Å². The van der Waals surface area contributed by atoms with Crippen LogP contribution in [0.4, 0.5) is 0 Å². The van der Waals surface area contributed by atoms with E-state index in [2.05, 4.69) is 19.2 Å². The molecule has 2 aliphatic rings. The average Bonchev–Trinajstić information content (AvgIpc) is 2.36. The normalized spacial score (nSPS) is 38.4. The number of fused-ring (bicyclic) bond motifs is 2. The van der Waals surface area contributed by atoms with Crippen LogP contribution in [0.5, 0.6) is 0 Å². The molecule has 19 heavy (non-hydrogen) atoms. The number of rotatable bonds is 7. The van der Waals surface area contributed by atoms with Crippen LogP contribution in [-0.4, -0.2) is 19.6 Å². The molecule has 2 rings (SSSR count). The van der Waals surface area contributed by atoms with Gasteiger partial charge in [-0.15, -0.1) is 0 Å². The van der Waals surface area contributed by atoms with E-state index in [9.17, 15) is 0 Å². The molecule has 0 spiro atoms. The maximum Gasteiger partial charge on any atom is -0.00203 e. The lowest BCUT2D eigenvalue weighted by atomic mass is 9.59. The van der Waals surface area contributed by atoms with E-state index in [1.807, 2.05) is 0 Å². The largest absolute Gasteiger partial charge is 0.330 e. The first kappa shape index (κ1) is 15.3. The van der Waals surface area contributed by atoms with E-state index in [1.54, 1.807) is 0 Å². The summed E-state index contributed by atoms with van der Waals surface area (Å²) in [4.78, 5) is 0. The van der Waals surface area contributed by atoms with Gasteiger partial charge in [0, 0.05) is 0 Å². The molecule has 0 radical (unpaired) electrons. The maximum absolute atomic E-state index is 5.52. The lowest BCUT2D eigenvalue weighted by Crippen LogP contribution is -2.40. The molecule has 0 aliphatic heterocycles. The molecule has 2 atom stereocenters. The first-order valence-electron chi connectivity index (χ1n) is 8.61. The summed E-state index contributed by atoms with van der Waals surface area (Å²) in [6, 6.07) is 0. The predicted octanol–water partition coefficient (Wildman–Crippen LogP) is 3.41. The fraction of sp³-hybridized carbons (Fsp3) is 1.00. The number of hydrogen-bond acceptors (Lipinski definition) is 2. The molecule has 0 aromatic heterocycles. The summed E-state index contributed by atoms with van der Waals surface area (Å²) in [5.41, 5.74) is 5.52. The minimum absolute atomic E-state index is 0.849. The van der Waals surface area contributed by atoms with Crippen molar-refractivity contribution < 1.29 is 0 Å². The highest BCUT2D eigenvalue weighted by Gasteiger charge is 2.39. The molecule has 112 valence electrons. The van der Waals surface area contributed by atoms with Crippen LogP contribution in [0.25, 0.3) is 0 Å². The summed E-state index contributed by atoms with van der Waals surface area (Å²) < 4.78 is 0. The maximum atomic E-state index is 5.52. The van der Waals surface area contributed by atoms with Crippen LogP contribution >= 0.6 is 0 Å². The molecule has 2 bridgehead atoms. The second-order valence-electron chi connectivity index (χ2n) is 7.35. The zero-order valence-electron chi connectivity index (χ0n) is 13.0. The van der Waals surface area contributed by atoms with Gasteiger partial charge in [-0.1, -0.05) is 20.3 Å². The fourth-order valence-electron chi connectivity index (χ4n) is 4.56. The second-order valence-corrected chi connectivity index (χ2v) is 7.35. The van der Waals surface area contributed by atoms with Crippen LogP contribution in [0.2, 0.25) is 0 Å². The van der Waals surface area contributed by atoms with Crippen LogP contribution in [0.15, 0.2) is 0 Å². The standard InChI is InChI=1S/C17H34N2/c1-13-8-16-10-15(11-17(9-13)14(16)2)12-19-7-5-3-4-6-18/h13-17,19H,3-12,18H2,1-2H3. The first-order valence-corrected chi connectivity index (χ1v) is 8.61.